The Morgan fingerprint density at radius 1 is 1.33 bits per heavy atom. The predicted octanol–water partition coefficient (Wildman–Crippen LogP) is 0.119. The molecule has 0 bridgehead atoms. The Balaban J connectivity index is 0.00000162. The summed E-state index contributed by atoms with van der Waals surface area (Å²) in [6, 6.07) is -0.256. The van der Waals surface area contributed by atoms with E-state index in [9.17, 15) is 9.59 Å². The Hall–Kier alpha value is -0.850. The molecule has 2 rings (SSSR count). The van der Waals surface area contributed by atoms with Crippen molar-refractivity contribution in [3.05, 3.63) is 0 Å². The standard InChI is InChI=1S/C11H19N3O3.ClH/c1-17-8-2-7-14-10(16)13-9(15)11(14)3-5-12-6-4-11;/h12H,2-8H2,1H3,(H,13,15,16);1H. The van der Waals surface area contributed by atoms with Crippen molar-refractivity contribution in [3.8, 4) is 0 Å². The highest BCUT2D eigenvalue weighted by molar-refractivity contribution is 6.07. The second kappa shape index (κ2) is 6.36. The molecule has 1 spiro atoms. The average molecular weight is 278 g/mol. The fraction of sp³-hybridized carbons (Fsp3) is 0.818. The molecule has 6 nitrogen and oxygen atoms in total. The maximum Gasteiger partial charge on any atom is 0.325 e. The number of hydrogen-bond donors (Lipinski definition) is 2. The summed E-state index contributed by atoms with van der Waals surface area (Å²) in [5.74, 6) is -0.138. The van der Waals surface area contributed by atoms with Crippen LogP contribution in [0.1, 0.15) is 19.3 Å². The third-order valence-corrected chi connectivity index (χ3v) is 3.57. The quantitative estimate of drug-likeness (QED) is 0.566. The van der Waals surface area contributed by atoms with Crippen molar-refractivity contribution in [1.82, 2.24) is 15.5 Å². The van der Waals surface area contributed by atoms with E-state index >= 15 is 0 Å². The Kier molecular flexibility index (Phi) is 5.37. The molecule has 0 saturated carbocycles. The summed E-state index contributed by atoms with van der Waals surface area (Å²) in [6.07, 6.45) is 2.14. The topological polar surface area (TPSA) is 70.7 Å². The summed E-state index contributed by atoms with van der Waals surface area (Å²) in [5, 5.41) is 5.65. The van der Waals surface area contributed by atoms with E-state index in [-0.39, 0.29) is 24.3 Å². The van der Waals surface area contributed by atoms with Gasteiger partial charge >= 0.3 is 6.03 Å². The molecule has 2 aliphatic heterocycles. The smallest absolute Gasteiger partial charge is 0.325 e. The molecule has 2 N–H and O–H groups in total. The lowest BCUT2D eigenvalue weighted by Crippen LogP contribution is -2.56. The number of amides is 3. The van der Waals surface area contributed by atoms with Crippen LogP contribution in [0, 0.1) is 0 Å². The van der Waals surface area contributed by atoms with Crippen LogP contribution in [0.4, 0.5) is 4.79 Å². The van der Waals surface area contributed by atoms with E-state index in [0.717, 1.165) is 19.5 Å². The van der Waals surface area contributed by atoms with Gasteiger partial charge in [0.2, 0.25) is 0 Å². The lowest BCUT2D eigenvalue weighted by atomic mass is 9.87. The number of piperidine rings is 1. The van der Waals surface area contributed by atoms with Crippen molar-refractivity contribution < 1.29 is 14.3 Å². The van der Waals surface area contributed by atoms with E-state index in [1.165, 1.54) is 0 Å². The van der Waals surface area contributed by atoms with Crippen LogP contribution in [-0.2, 0) is 9.53 Å². The number of carbonyl (C=O) groups is 2. The first-order valence-electron chi connectivity index (χ1n) is 6.03. The third kappa shape index (κ3) is 2.60. The van der Waals surface area contributed by atoms with Gasteiger partial charge in [0, 0.05) is 20.3 Å². The third-order valence-electron chi connectivity index (χ3n) is 3.57. The summed E-state index contributed by atoms with van der Waals surface area (Å²) in [4.78, 5) is 25.4. The Morgan fingerprint density at radius 2 is 2.00 bits per heavy atom. The number of hydrogen-bond acceptors (Lipinski definition) is 4. The number of nitrogens with zero attached hydrogens (tertiary/aromatic N) is 1. The monoisotopic (exact) mass is 277 g/mol. The van der Waals surface area contributed by atoms with Crippen molar-refractivity contribution in [2.24, 2.45) is 0 Å². The van der Waals surface area contributed by atoms with Crippen LogP contribution < -0.4 is 10.6 Å². The van der Waals surface area contributed by atoms with Crippen molar-refractivity contribution in [3.63, 3.8) is 0 Å². The number of nitrogens with one attached hydrogen (secondary N) is 2. The van der Waals surface area contributed by atoms with Gasteiger partial charge in [-0.25, -0.2) is 4.79 Å². The Labute approximate surface area is 113 Å². The number of carbonyl (C=O) groups excluding carboxylic acids is 2. The van der Waals surface area contributed by atoms with Crippen molar-refractivity contribution >= 4 is 24.3 Å². The van der Waals surface area contributed by atoms with Crippen molar-refractivity contribution in [2.45, 2.75) is 24.8 Å². The largest absolute Gasteiger partial charge is 0.385 e. The van der Waals surface area contributed by atoms with Crippen molar-refractivity contribution in [2.75, 3.05) is 33.4 Å². The SMILES string of the molecule is COCCCN1C(=O)NC(=O)C12CCNCC2.Cl. The molecule has 0 unspecified atom stereocenters. The lowest BCUT2D eigenvalue weighted by molar-refractivity contribution is -0.128. The number of halogens is 1. The molecule has 2 aliphatic rings. The van der Waals surface area contributed by atoms with Gasteiger partial charge in [-0.15, -0.1) is 12.4 Å². The molecule has 0 aromatic heterocycles. The Morgan fingerprint density at radius 3 is 2.61 bits per heavy atom. The number of imide groups is 1. The predicted molar refractivity (Wildman–Crippen MR) is 68.8 cm³/mol. The molecule has 0 radical (unpaired) electrons. The zero-order chi connectivity index (χ0) is 12.3. The summed E-state index contributed by atoms with van der Waals surface area (Å²) in [5.41, 5.74) is -0.615. The van der Waals surface area contributed by atoms with Gasteiger partial charge in [-0.05, 0) is 32.4 Å². The lowest BCUT2D eigenvalue weighted by Gasteiger charge is -2.38. The summed E-state index contributed by atoms with van der Waals surface area (Å²) in [7, 11) is 1.63. The molecular formula is C11H20ClN3O3. The summed E-state index contributed by atoms with van der Waals surface area (Å²) >= 11 is 0. The van der Waals surface area contributed by atoms with Gasteiger partial charge < -0.3 is 15.0 Å². The van der Waals surface area contributed by atoms with Gasteiger partial charge in [0.05, 0.1) is 0 Å². The first-order valence-corrected chi connectivity index (χ1v) is 6.03. The zero-order valence-corrected chi connectivity index (χ0v) is 11.3. The van der Waals surface area contributed by atoms with E-state index in [0.29, 0.717) is 26.0 Å². The first kappa shape index (κ1) is 15.2. The molecule has 2 heterocycles. The minimum Gasteiger partial charge on any atom is -0.385 e. The van der Waals surface area contributed by atoms with E-state index < -0.39 is 5.54 Å². The van der Waals surface area contributed by atoms with Crippen LogP contribution >= 0.6 is 12.4 Å². The summed E-state index contributed by atoms with van der Waals surface area (Å²) in [6.45, 7) is 2.74. The summed E-state index contributed by atoms with van der Waals surface area (Å²) < 4.78 is 4.98. The molecule has 3 amide bonds. The highest BCUT2D eigenvalue weighted by atomic mass is 35.5. The maximum absolute atomic E-state index is 12.0. The van der Waals surface area contributed by atoms with Gasteiger partial charge in [0.25, 0.3) is 5.91 Å². The van der Waals surface area contributed by atoms with Crippen LogP contribution in [0.2, 0.25) is 0 Å². The van der Waals surface area contributed by atoms with E-state index in [1.54, 1.807) is 12.0 Å². The van der Waals surface area contributed by atoms with Crippen molar-refractivity contribution in [1.29, 1.82) is 0 Å². The zero-order valence-electron chi connectivity index (χ0n) is 10.5. The fourth-order valence-corrected chi connectivity index (χ4v) is 2.62. The van der Waals surface area contributed by atoms with Gasteiger partial charge in [0.1, 0.15) is 5.54 Å². The van der Waals surface area contributed by atoms with Gasteiger partial charge in [-0.1, -0.05) is 0 Å². The van der Waals surface area contributed by atoms with Gasteiger partial charge in [0.15, 0.2) is 0 Å². The van der Waals surface area contributed by atoms with Crippen LogP contribution in [0.15, 0.2) is 0 Å². The highest BCUT2D eigenvalue weighted by Gasteiger charge is 2.52. The van der Waals surface area contributed by atoms with E-state index in [2.05, 4.69) is 10.6 Å². The molecule has 0 aromatic rings. The molecule has 104 valence electrons. The molecule has 0 atom stereocenters. The second-order valence-electron chi connectivity index (χ2n) is 4.54. The number of ether oxygens (including phenoxy) is 1. The highest BCUT2D eigenvalue weighted by Crippen LogP contribution is 2.30. The van der Waals surface area contributed by atoms with E-state index in [1.807, 2.05) is 0 Å². The fourth-order valence-electron chi connectivity index (χ4n) is 2.62. The normalized spacial score (nSPS) is 21.9. The first-order chi connectivity index (χ1) is 8.20. The van der Waals surface area contributed by atoms with Crippen LogP contribution in [0.25, 0.3) is 0 Å². The minimum atomic E-state index is -0.615. The molecular weight excluding hydrogens is 258 g/mol. The number of urea groups is 1. The average Bonchev–Trinajstić information content (AvgIpc) is 2.55. The maximum atomic E-state index is 12.0. The second-order valence-corrected chi connectivity index (χ2v) is 4.54. The molecule has 2 fully saturated rings. The minimum absolute atomic E-state index is 0. The van der Waals surface area contributed by atoms with Crippen LogP contribution in [0.3, 0.4) is 0 Å². The van der Waals surface area contributed by atoms with Crippen LogP contribution in [-0.4, -0.2) is 55.7 Å². The van der Waals surface area contributed by atoms with E-state index in [4.69, 9.17) is 4.74 Å². The molecule has 0 aliphatic carbocycles. The molecule has 0 aromatic carbocycles. The molecule has 18 heavy (non-hydrogen) atoms. The number of methoxy groups -OCH3 is 1. The molecule has 2 saturated heterocycles. The van der Waals surface area contributed by atoms with Gasteiger partial charge in [-0.2, -0.15) is 0 Å². The van der Waals surface area contributed by atoms with Crippen LogP contribution in [0.5, 0.6) is 0 Å². The Bertz CT molecular complexity index is 319. The van der Waals surface area contributed by atoms with Gasteiger partial charge in [-0.3, -0.25) is 10.1 Å². The molecule has 7 heteroatoms. The number of rotatable bonds is 4.